The number of nitriles is 1. The lowest BCUT2D eigenvalue weighted by Gasteiger charge is -2.39. The standard InChI is InChI=1S/C14H19N3O/c1-11-10-17(7-6-16(11)2)14-8-13(18-3)5-4-12(14)9-15/h4-5,8,11H,6-7,10H2,1-3H3. The summed E-state index contributed by atoms with van der Waals surface area (Å²) in [6.45, 7) is 5.11. The summed E-state index contributed by atoms with van der Waals surface area (Å²) >= 11 is 0. The van der Waals surface area contributed by atoms with E-state index in [1.165, 1.54) is 0 Å². The molecule has 0 spiro atoms. The zero-order chi connectivity index (χ0) is 13.1. The molecule has 1 fully saturated rings. The van der Waals surface area contributed by atoms with E-state index in [2.05, 4.69) is 29.8 Å². The second-order valence-electron chi connectivity index (χ2n) is 4.77. The van der Waals surface area contributed by atoms with Crippen molar-refractivity contribution in [1.82, 2.24) is 4.90 Å². The highest BCUT2D eigenvalue weighted by Gasteiger charge is 2.22. The second kappa shape index (κ2) is 5.28. The fourth-order valence-electron chi connectivity index (χ4n) is 2.26. The summed E-state index contributed by atoms with van der Waals surface area (Å²) in [5.41, 5.74) is 1.70. The van der Waals surface area contributed by atoms with E-state index in [1.54, 1.807) is 7.11 Å². The van der Waals surface area contributed by atoms with Crippen molar-refractivity contribution in [2.24, 2.45) is 0 Å². The monoisotopic (exact) mass is 245 g/mol. The van der Waals surface area contributed by atoms with Crippen LogP contribution in [0.15, 0.2) is 18.2 Å². The number of hydrogen-bond acceptors (Lipinski definition) is 4. The van der Waals surface area contributed by atoms with Gasteiger partial charge in [-0.3, -0.25) is 0 Å². The quantitative estimate of drug-likeness (QED) is 0.795. The van der Waals surface area contributed by atoms with Crippen LogP contribution in [0.5, 0.6) is 5.75 Å². The molecule has 1 atom stereocenters. The van der Waals surface area contributed by atoms with Gasteiger partial charge >= 0.3 is 0 Å². The summed E-state index contributed by atoms with van der Waals surface area (Å²) in [7, 11) is 3.79. The van der Waals surface area contributed by atoms with Crippen LogP contribution >= 0.6 is 0 Å². The van der Waals surface area contributed by atoms with Gasteiger partial charge in [-0.25, -0.2) is 0 Å². The number of ether oxygens (including phenoxy) is 1. The van der Waals surface area contributed by atoms with Gasteiger partial charge in [-0.1, -0.05) is 0 Å². The van der Waals surface area contributed by atoms with Gasteiger partial charge in [0, 0.05) is 31.7 Å². The fourth-order valence-corrected chi connectivity index (χ4v) is 2.26. The molecular formula is C14H19N3O. The third kappa shape index (κ3) is 2.41. The Bertz CT molecular complexity index is 467. The molecule has 1 heterocycles. The molecular weight excluding hydrogens is 226 g/mol. The van der Waals surface area contributed by atoms with E-state index in [9.17, 15) is 5.26 Å². The molecule has 2 rings (SSSR count). The number of hydrogen-bond donors (Lipinski definition) is 0. The Morgan fingerprint density at radius 3 is 2.78 bits per heavy atom. The number of rotatable bonds is 2. The van der Waals surface area contributed by atoms with E-state index in [-0.39, 0.29) is 0 Å². The largest absolute Gasteiger partial charge is 0.497 e. The minimum Gasteiger partial charge on any atom is -0.497 e. The van der Waals surface area contributed by atoms with Crippen LogP contribution < -0.4 is 9.64 Å². The van der Waals surface area contributed by atoms with Crippen LogP contribution in [0.25, 0.3) is 0 Å². The first-order valence-corrected chi connectivity index (χ1v) is 6.19. The zero-order valence-electron chi connectivity index (χ0n) is 11.2. The van der Waals surface area contributed by atoms with Crippen molar-refractivity contribution in [3.8, 4) is 11.8 Å². The topological polar surface area (TPSA) is 39.5 Å². The van der Waals surface area contributed by atoms with Gasteiger partial charge in [-0.2, -0.15) is 5.26 Å². The number of piperazine rings is 1. The van der Waals surface area contributed by atoms with Crippen LogP contribution in [0, 0.1) is 11.3 Å². The van der Waals surface area contributed by atoms with Crippen LogP contribution in [0.1, 0.15) is 12.5 Å². The molecule has 4 nitrogen and oxygen atoms in total. The highest BCUT2D eigenvalue weighted by atomic mass is 16.5. The van der Waals surface area contributed by atoms with Gasteiger partial charge in [0.1, 0.15) is 11.8 Å². The van der Waals surface area contributed by atoms with Crippen molar-refractivity contribution in [2.45, 2.75) is 13.0 Å². The summed E-state index contributed by atoms with van der Waals surface area (Å²) in [6.07, 6.45) is 0. The Morgan fingerprint density at radius 1 is 1.39 bits per heavy atom. The molecule has 18 heavy (non-hydrogen) atoms. The highest BCUT2D eigenvalue weighted by molar-refractivity contribution is 5.62. The number of benzene rings is 1. The van der Waals surface area contributed by atoms with Crippen molar-refractivity contribution in [1.29, 1.82) is 5.26 Å². The Morgan fingerprint density at radius 2 is 2.17 bits per heavy atom. The zero-order valence-corrected chi connectivity index (χ0v) is 11.2. The molecule has 1 aliphatic heterocycles. The van der Waals surface area contributed by atoms with Crippen LogP contribution in [-0.4, -0.2) is 44.7 Å². The minimum absolute atomic E-state index is 0.497. The summed E-state index contributed by atoms with van der Waals surface area (Å²) in [4.78, 5) is 4.61. The van der Waals surface area contributed by atoms with Crippen molar-refractivity contribution < 1.29 is 4.74 Å². The Kier molecular flexibility index (Phi) is 3.73. The van der Waals surface area contributed by atoms with Crippen LogP contribution in [-0.2, 0) is 0 Å². The molecule has 4 heteroatoms. The minimum atomic E-state index is 0.497. The van der Waals surface area contributed by atoms with Gasteiger partial charge in [0.25, 0.3) is 0 Å². The molecule has 0 bridgehead atoms. The average molecular weight is 245 g/mol. The molecule has 0 amide bonds. The summed E-state index contributed by atoms with van der Waals surface area (Å²) in [5.74, 6) is 0.801. The molecule has 0 N–H and O–H groups in total. The molecule has 0 saturated carbocycles. The molecule has 1 saturated heterocycles. The van der Waals surface area contributed by atoms with E-state index in [4.69, 9.17) is 4.74 Å². The van der Waals surface area contributed by atoms with Crippen molar-refractivity contribution in [3.05, 3.63) is 23.8 Å². The smallest absolute Gasteiger partial charge is 0.121 e. The van der Waals surface area contributed by atoms with Crippen LogP contribution in [0.4, 0.5) is 5.69 Å². The molecule has 0 aliphatic carbocycles. The lowest BCUT2D eigenvalue weighted by Crippen LogP contribution is -2.50. The molecule has 1 aromatic carbocycles. The molecule has 1 unspecified atom stereocenters. The van der Waals surface area contributed by atoms with Crippen molar-refractivity contribution in [3.63, 3.8) is 0 Å². The number of likely N-dealkylation sites (N-methyl/N-ethyl adjacent to an activating group) is 1. The summed E-state index contributed by atoms with van der Waals surface area (Å²) in [5, 5.41) is 9.20. The summed E-state index contributed by atoms with van der Waals surface area (Å²) in [6, 6.07) is 8.38. The van der Waals surface area contributed by atoms with Crippen LogP contribution in [0.2, 0.25) is 0 Å². The van der Waals surface area contributed by atoms with Crippen molar-refractivity contribution >= 4 is 5.69 Å². The summed E-state index contributed by atoms with van der Waals surface area (Å²) < 4.78 is 5.25. The van der Waals surface area contributed by atoms with Crippen molar-refractivity contribution in [2.75, 3.05) is 38.7 Å². The number of methoxy groups -OCH3 is 1. The fraction of sp³-hybridized carbons (Fsp3) is 0.500. The molecule has 96 valence electrons. The maximum atomic E-state index is 9.20. The van der Waals surface area contributed by atoms with E-state index >= 15 is 0 Å². The predicted molar refractivity (Wildman–Crippen MR) is 72.0 cm³/mol. The molecule has 1 aliphatic rings. The van der Waals surface area contributed by atoms with E-state index in [0.717, 1.165) is 31.1 Å². The van der Waals surface area contributed by atoms with Crippen LogP contribution in [0.3, 0.4) is 0 Å². The third-order valence-electron chi connectivity index (χ3n) is 3.63. The van der Waals surface area contributed by atoms with Gasteiger partial charge in [0.2, 0.25) is 0 Å². The maximum absolute atomic E-state index is 9.20. The Hall–Kier alpha value is -1.73. The van der Waals surface area contributed by atoms with E-state index in [1.807, 2.05) is 18.2 Å². The highest BCUT2D eigenvalue weighted by Crippen LogP contribution is 2.27. The maximum Gasteiger partial charge on any atom is 0.121 e. The van der Waals surface area contributed by atoms with Gasteiger partial charge in [-0.15, -0.1) is 0 Å². The van der Waals surface area contributed by atoms with E-state index < -0.39 is 0 Å². The van der Waals surface area contributed by atoms with Gasteiger partial charge in [0.05, 0.1) is 18.4 Å². The second-order valence-corrected chi connectivity index (χ2v) is 4.77. The molecule has 1 aromatic rings. The SMILES string of the molecule is COc1ccc(C#N)c(N2CCN(C)C(C)C2)c1. The number of anilines is 1. The molecule has 0 aromatic heterocycles. The third-order valence-corrected chi connectivity index (χ3v) is 3.63. The first kappa shape index (κ1) is 12.7. The Balaban J connectivity index is 2.29. The van der Waals surface area contributed by atoms with Gasteiger partial charge in [0.15, 0.2) is 0 Å². The van der Waals surface area contributed by atoms with Gasteiger partial charge in [-0.05, 0) is 26.1 Å². The molecule has 0 radical (unpaired) electrons. The number of nitrogens with zero attached hydrogens (tertiary/aromatic N) is 3. The lowest BCUT2D eigenvalue weighted by molar-refractivity contribution is 0.234. The lowest BCUT2D eigenvalue weighted by atomic mass is 10.1. The Labute approximate surface area is 108 Å². The van der Waals surface area contributed by atoms with Gasteiger partial charge < -0.3 is 14.5 Å². The predicted octanol–water partition coefficient (Wildman–Crippen LogP) is 1.71. The average Bonchev–Trinajstić information content (AvgIpc) is 2.41. The van der Waals surface area contributed by atoms with E-state index in [0.29, 0.717) is 11.6 Å². The first-order chi connectivity index (χ1) is 8.65. The first-order valence-electron chi connectivity index (χ1n) is 6.19. The normalized spacial score (nSPS) is 20.6.